The minimum absolute atomic E-state index is 0.0255. The Bertz CT molecular complexity index is 1240. The van der Waals surface area contributed by atoms with Gasteiger partial charge in [0, 0.05) is 29.7 Å². The second-order valence-electron chi connectivity index (χ2n) is 6.58. The van der Waals surface area contributed by atoms with E-state index in [0.29, 0.717) is 17.0 Å². The van der Waals surface area contributed by atoms with Crippen molar-refractivity contribution in [3.63, 3.8) is 0 Å². The first-order valence-corrected chi connectivity index (χ1v) is 9.12. The topological polar surface area (TPSA) is 101 Å². The van der Waals surface area contributed by atoms with Gasteiger partial charge < -0.3 is 10.6 Å². The highest BCUT2D eigenvalue weighted by atomic mass is 19.1. The lowest BCUT2D eigenvalue weighted by Gasteiger charge is -2.08. The second kappa shape index (κ2) is 8.08. The van der Waals surface area contributed by atoms with Gasteiger partial charge in [0.05, 0.1) is 0 Å². The Kier molecular flexibility index (Phi) is 5.17. The van der Waals surface area contributed by atoms with E-state index < -0.39 is 11.7 Å². The van der Waals surface area contributed by atoms with Crippen LogP contribution in [0.3, 0.4) is 0 Å². The van der Waals surface area contributed by atoms with Gasteiger partial charge in [-0.25, -0.2) is 13.9 Å². The molecule has 0 aliphatic rings. The van der Waals surface area contributed by atoms with Crippen molar-refractivity contribution in [2.45, 2.75) is 13.5 Å². The number of anilines is 1. The van der Waals surface area contributed by atoms with Gasteiger partial charge in [-0.05, 0) is 55.0 Å². The summed E-state index contributed by atoms with van der Waals surface area (Å²) in [5.74, 6) is -0.813. The number of aromatic nitrogens is 4. The Morgan fingerprint density at radius 1 is 1.07 bits per heavy atom. The molecule has 0 radical (unpaired) electrons. The molecule has 0 bridgehead atoms. The molecule has 0 aliphatic carbocycles. The first-order chi connectivity index (χ1) is 14.5. The number of halogens is 1. The van der Waals surface area contributed by atoms with Crippen LogP contribution < -0.4 is 10.6 Å². The summed E-state index contributed by atoms with van der Waals surface area (Å²) in [7, 11) is 0. The molecule has 0 saturated carbocycles. The maximum absolute atomic E-state index is 13.0. The largest absolute Gasteiger partial charge is 0.345 e. The number of nitrogens with one attached hydrogen (secondary N) is 2. The number of benzene rings is 2. The standard InChI is InChI=1S/C21H17FN6O2/c1-13-9-10-23-21-26-18(27-28(13)21)20(30)24-12-14-3-2-4-17(11-14)25-19(29)15-5-7-16(22)8-6-15/h2-11H,12H2,1H3,(H,24,30)(H,25,29). The van der Waals surface area contributed by atoms with Crippen LogP contribution in [0, 0.1) is 12.7 Å². The number of amides is 2. The normalized spacial score (nSPS) is 10.7. The molecule has 30 heavy (non-hydrogen) atoms. The Balaban J connectivity index is 1.41. The summed E-state index contributed by atoms with van der Waals surface area (Å²) in [5, 5.41) is 9.67. The molecule has 4 aromatic rings. The predicted molar refractivity (Wildman–Crippen MR) is 107 cm³/mol. The van der Waals surface area contributed by atoms with Crippen LogP contribution in [0.5, 0.6) is 0 Å². The summed E-state index contributed by atoms with van der Waals surface area (Å²) >= 11 is 0. The Hall–Kier alpha value is -4.14. The number of aryl methyl sites for hydroxylation is 1. The number of carbonyl (C=O) groups excluding carboxylic acids is 2. The van der Waals surface area contributed by atoms with E-state index in [0.717, 1.165) is 11.3 Å². The first kappa shape index (κ1) is 19.2. The minimum atomic E-state index is -0.430. The van der Waals surface area contributed by atoms with E-state index in [4.69, 9.17) is 0 Å². The smallest absolute Gasteiger partial charge is 0.291 e. The SMILES string of the molecule is Cc1ccnc2nc(C(=O)NCc3cccc(NC(=O)c4ccc(F)cc4)c3)nn12. The van der Waals surface area contributed by atoms with E-state index in [1.54, 1.807) is 30.5 Å². The Morgan fingerprint density at radius 3 is 2.63 bits per heavy atom. The molecule has 0 fully saturated rings. The van der Waals surface area contributed by atoms with Crippen LogP contribution in [0.25, 0.3) is 5.78 Å². The van der Waals surface area contributed by atoms with Crippen LogP contribution in [0.4, 0.5) is 10.1 Å². The zero-order chi connectivity index (χ0) is 21.1. The monoisotopic (exact) mass is 404 g/mol. The van der Waals surface area contributed by atoms with Crippen LogP contribution in [0.15, 0.2) is 60.8 Å². The van der Waals surface area contributed by atoms with Gasteiger partial charge in [0.2, 0.25) is 5.82 Å². The van der Waals surface area contributed by atoms with E-state index in [2.05, 4.69) is 25.7 Å². The highest BCUT2D eigenvalue weighted by Crippen LogP contribution is 2.13. The third-order valence-electron chi connectivity index (χ3n) is 4.38. The lowest BCUT2D eigenvalue weighted by Crippen LogP contribution is -2.24. The van der Waals surface area contributed by atoms with Gasteiger partial charge >= 0.3 is 0 Å². The lowest BCUT2D eigenvalue weighted by molar-refractivity contribution is 0.0940. The fourth-order valence-electron chi connectivity index (χ4n) is 2.83. The molecule has 4 rings (SSSR count). The van der Waals surface area contributed by atoms with Crippen molar-refractivity contribution >= 4 is 23.3 Å². The zero-order valence-electron chi connectivity index (χ0n) is 16.0. The number of rotatable bonds is 5. The van der Waals surface area contributed by atoms with Gasteiger partial charge in [0.15, 0.2) is 0 Å². The molecule has 9 heteroatoms. The molecular weight excluding hydrogens is 387 g/mol. The van der Waals surface area contributed by atoms with Gasteiger partial charge in [-0.1, -0.05) is 12.1 Å². The molecule has 2 aromatic heterocycles. The van der Waals surface area contributed by atoms with Gasteiger partial charge in [-0.15, -0.1) is 5.10 Å². The fraction of sp³-hybridized carbons (Fsp3) is 0.0952. The highest BCUT2D eigenvalue weighted by Gasteiger charge is 2.14. The van der Waals surface area contributed by atoms with E-state index in [1.807, 2.05) is 13.0 Å². The van der Waals surface area contributed by atoms with Crippen molar-refractivity contribution in [2.24, 2.45) is 0 Å². The number of nitrogens with zero attached hydrogens (tertiary/aromatic N) is 4. The van der Waals surface area contributed by atoms with Crippen molar-refractivity contribution in [1.29, 1.82) is 0 Å². The molecule has 0 spiro atoms. The maximum Gasteiger partial charge on any atom is 0.291 e. The Morgan fingerprint density at radius 2 is 1.87 bits per heavy atom. The van der Waals surface area contributed by atoms with Crippen LogP contribution in [0.1, 0.15) is 32.2 Å². The van der Waals surface area contributed by atoms with Crippen molar-refractivity contribution < 1.29 is 14.0 Å². The summed E-state index contributed by atoms with van der Waals surface area (Å²) in [5.41, 5.74) is 2.49. The highest BCUT2D eigenvalue weighted by molar-refractivity contribution is 6.04. The zero-order valence-corrected chi connectivity index (χ0v) is 16.0. The van der Waals surface area contributed by atoms with E-state index in [1.165, 1.54) is 28.8 Å². The summed E-state index contributed by atoms with van der Waals surface area (Å²) in [6.45, 7) is 2.07. The summed E-state index contributed by atoms with van der Waals surface area (Å²) in [6.07, 6.45) is 1.60. The molecule has 0 unspecified atom stereocenters. The summed E-state index contributed by atoms with van der Waals surface area (Å²) in [6, 6.07) is 14.1. The molecular formula is C21H17FN6O2. The van der Waals surface area contributed by atoms with Gasteiger partial charge in [0.25, 0.3) is 17.6 Å². The molecule has 8 nitrogen and oxygen atoms in total. The van der Waals surface area contributed by atoms with Crippen LogP contribution in [-0.2, 0) is 6.54 Å². The van der Waals surface area contributed by atoms with Crippen LogP contribution >= 0.6 is 0 Å². The van der Waals surface area contributed by atoms with E-state index >= 15 is 0 Å². The van der Waals surface area contributed by atoms with Crippen molar-refractivity contribution in [3.05, 3.63) is 89.3 Å². The maximum atomic E-state index is 13.0. The minimum Gasteiger partial charge on any atom is -0.345 e. The summed E-state index contributed by atoms with van der Waals surface area (Å²) in [4.78, 5) is 32.9. The van der Waals surface area contributed by atoms with Crippen molar-refractivity contribution in [3.8, 4) is 0 Å². The summed E-state index contributed by atoms with van der Waals surface area (Å²) < 4.78 is 14.5. The number of hydrogen-bond acceptors (Lipinski definition) is 5. The van der Waals surface area contributed by atoms with E-state index in [-0.39, 0.29) is 18.3 Å². The molecule has 0 saturated heterocycles. The quantitative estimate of drug-likeness (QED) is 0.533. The fourth-order valence-corrected chi connectivity index (χ4v) is 2.83. The number of carbonyl (C=O) groups is 2. The molecule has 2 aromatic carbocycles. The third kappa shape index (κ3) is 4.14. The number of fused-ring (bicyclic) bond motifs is 1. The molecule has 2 amide bonds. The molecule has 2 heterocycles. The predicted octanol–water partition coefficient (Wildman–Crippen LogP) is 2.75. The molecule has 0 atom stereocenters. The first-order valence-electron chi connectivity index (χ1n) is 9.12. The molecule has 2 N–H and O–H groups in total. The number of hydrogen-bond donors (Lipinski definition) is 2. The van der Waals surface area contributed by atoms with Crippen LogP contribution in [0.2, 0.25) is 0 Å². The van der Waals surface area contributed by atoms with Crippen molar-refractivity contribution in [1.82, 2.24) is 24.9 Å². The molecule has 0 aliphatic heterocycles. The van der Waals surface area contributed by atoms with Gasteiger partial charge in [-0.2, -0.15) is 4.98 Å². The molecule has 150 valence electrons. The average Bonchev–Trinajstić information content (AvgIpc) is 3.19. The third-order valence-corrected chi connectivity index (χ3v) is 4.38. The lowest BCUT2D eigenvalue weighted by atomic mass is 10.1. The second-order valence-corrected chi connectivity index (χ2v) is 6.58. The van der Waals surface area contributed by atoms with E-state index in [9.17, 15) is 14.0 Å². The van der Waals surface area contributed by atoms with Crippen LogP contribution in [-0.4, -0.2) is 31.4 Å². The average molecular weight is 404 g/mol. The van der Waals surface area contributed by atoms with Gasteiger partial charge in [0.1, 0.15) is 5.82 Å². The van der Waals surface area contributed by atoms with Crippen molar-refractivity contribution in [2.75, 3.05) is 5.32 Å². The van der Waals surface area contributed by atoms with Gasteiger partial charge in [-0.3, -0.25) is 9.59 Å². The Labute approximate surface area is 170 Å².